The summed E-state index contributed by atoms with van der Waals surface area (Å²) in [6, 6.07) is 0. The van der Waals surface area contributed by atoms with Gasteiger partial charge in [-0.25, -0.2) is 0 Å². The molecule has 4 heteroatoms. The van der Waals surface area contributed by atoms with Crippen molar-refractivity contribution in [1.29, 1.82) is 0 Å². The fraction of sp³-hybridized carbons (Fsp3) is 0.200. The molecule has 0 bridgehead atoms. The molecule has 1 fully saturated rings. The summed E-state index contributed by atoms with van der Waals surface area (Å²) >= 11 is 4.66. The molecule has 48 valence electrons. The van der Waals surface area contributed by atoms with Crippen molar-refractivity contribution in [2.45, 2.75) is 6.92 Å². The standard InChI is InChI=1S/C5H6N2OS/c1-2-3-4(8)7-5(9)6-3/h2H,1H3,(H2,6,7,8,9)/b3-2+. The monoisotopic (exact) mass is 142 g/mol. The summed E-state index contributed by atoms with van der Waals surface area (Å²) in [4.78, 5) is 10.7. The van der Waals surface area contributed by atoms with Crippen molar-refractivity contribution in [2.24, 2.45) is 0 Å². The van der Waals surface area contributed by atoms with Gasteiger partial charge in [0.1, 0.15) is 5.70 Å². The maximum absolute atomic E-state index is 10.7. The van der Waals surface area contributed by atoms with Gasteiger partial charge in [-0.15, -0.1) is 0 Å². The predicted octanol–water partition coefficient (Wildman–Crippen LogP) is -0.106. The summed E-state index contributed by atoms with van der Waals surface area (Å²) in [5.41, 5.74) is 0.528. The van der Waals surface area contributed by atoms with E-state index in [0.717, 1.165) is 0 Å². The van der Waals surface area contributed by atoms with Crippen LogP contribution in [-0.2, 0) is 4.79 Å². The Balaban J connectivity index is 2.81. The second-order valence-corrected chi connectivity index (χ2v) is 2.02. The van der Waals surface area contributed by atoms with E-state index in [2.05, 4.69) is 22.9 Å². The number of hydrogen-bond donors (Lipinski definition) is 2. The number of allylic oxidation sites excluding steroid dienone is 1. The highest BCUT2D eigenvalue weighted by Crippen LogP contribution is 1.95. The van der Waals surface area contributed by atoms with Crippen LogP contribution >= 0.6 is 12.2 Å². The molecule has 0 spiro atoms. The third-order valence-electron chi connectivity index (χ3n) is 1.01. The molecule has 0 radical (unpaired) electrons. The summed E-state index contributed by atoms with van der Waals surface area (Å²) in [5.74, 6) is -0.150. The first-order chi connectivity index (χ1) is 4.24. The molecule has 3 nitrogen and oxygen atoms in total. The van der Waals surface area contributed by atoms with Crippen molar-refractivity contribution in [3.05, 3.63) is 11.8 Å². The SMILES string of the molecule is C/C=C1/NC(=S)NC1=O. The van der Waals surface area contributed by atoms with Crippen LogP contribution in [0.3, 0.4) is 0 Å². The van der Waals surface area contributed by atoms with E-state index >= 15 is 0 Å². The zero-order valence-corrected chi connectivity index (χ0v) is 5.71. The molecule has 9 heavy (non-hydrogen) atoms. The lowest BCUT2D eigenvalue weighted by Crippen LogP contribution is -2.21. The minimum atomic E-state index is -0.150. The van der Waals surface area contributed by atoms with E-state index in [1.54, 1.807) is 13.0 Å². The van der Waals surface area contributed by atoms with Crippen LogP contribution in [-0.4, -0.2) is 11.0 Å². The molecule has 0 aromatic heterocycles. The minimum absolute atomic E-state index is 0.150. The molecule has 0 aromatic rings. The Bertz CT molecular complexity index is 197. The van der Waals surface area contributed by atoms with Crippen molar-refractivity contribution >= 4 is 23.2 Å². The van der Waals surface area contributed by atoms with Gasteiger partial charge >= 0.3 is 0 Å². The molecule has 1 aliphatic heterocycles. The van der Waals surface area contributed by atoms with Gasteiger partial charge in [0, 0.05) is 0 Å². The Labute approximate surface area is 58.1 Å². The quantitative estimate of drug-likeness (QED) is 0.366. The van der Waals surface area contributed by atoms with Gasteiger partial charge in [0.15, 0.2) is 5.11 Å². The molecular weight excluding hydrogens is 136 g/mol. The van der Waals surface area contributed by atoms with Crippen LogP contribution in [0.4, 0.5) is 0 Å². The number of thiocarbonyl (C=S) groups is 1. The first-order valence-electron chi connectivity index (χ1n) is 2.52. The third-order valence-corrected chi connectivity index (χ3v) is 1.21. The molecule has 0 unspecified atom stereocenters. The molecule has 1 saturated heterocycles. The average Bonchev–Trinajstić information content (AvgIpc) is 2.10. The van der Waals surface area contributed by atoms with Crippen LogP contribution in [0.2, 0.25) is 0 Å². The highest BCUT2D eigenvalue weighted by Gasteiger charge is 2.18. The van der Waals surface area contributed by atoms with E-state index in [1.165, 1.54) is 0 Å². The van der Waals surface area contributed by atoms with Gasteiger partial charge in [-0.05, 0) is 19.1 Å². The largest absolute Gasteiger partial charge is 0.328 e. The molecule has 1 rings (SSSR count). The number of carbonyl (C=O) groups excluding carboxylic acids is 1. The van der Waals surface area contributed by atoms with E-state index < -0.39 is 0 Å². The molecular formula is C5H6N2OS. The van der Waals surface area contributed by atoms with Gasteiger partial charge < -0.3 is 5.32 Å². The van der Waals surface area contributed by atoms with Gasteiger partial charge in [0.05, 0.1) is 0 Å². The number of carbonyl (C=O) groups is 1. The molecule has 0 aromatic carbocycles. The fourth-order valence-electron chi connectivity index (χ4n) is 0.584. The van der Waals surface area contributed by atoms with E-state index in [9.17, 15) is 4.79 Å². The van der Waals surface area contributed by atoms with Gasteiger partial charge in [-0.2, -0.15) is 0 Å². The maximum Gasteiger partial charge on any atom is 0.273 e. The fourth-order valence-corrected chi connectivity index (χ4v) is 0.787. The Hall–Kier alpha value is -0.900. The van der Waals surface area contributed by atoms with Gasteiger partial charge in [-0.1, -0.05) is 6.08 Å². The topological polar surface area (TPSA) is 41.1 Å². The van der Waals surface area contributed by atoms with Crippen LogP contribution in [0, 0.1) is 0 Å². The minimum Gasteiger partial charge on any atom is -0.328 e. The molecule has 1 heterocycles. The Morgan fingerprint density at radius 1 is 1.56 bits per heavy atom. The molecule has 1 amide bonds. The summed E-state index contributed by atoms with van der Waals surface area (Å²) in [7, 11) is 0. The highest BCUT2D eigenvalue weighted by atomic mass is 32.1. The predicted molar refractivity (Wildman–Crippen MR) is 37.6 cm³/mol. The van der Waals surface area contributed by atoms with Crippen molar-refractivity contribution in [2.75, 3.05) is 0 Å². The van der Waals surface area contributed by atoms with Crippen LogP contribution in [0.1, 0.15) is 6.92 Å². The van der Waals surface area contributed by atoms with Crippen LogP contribution in [0.25, 0.3) is 0 Å². The Morgan fingerprint density at radius 3 is 2.44 bits per heavy atom. The molecule has 2 N–H and O–H groups in total. The van der Waals surface area contributed by atoms with Gasteiger partial charge in [0.25, 0.3) is 5.91 Å². The summed E-state index contributed by atoms with van der Waals surface area (Å²) in [5, 5.41) is 5.50. The lowest BCUT2D eigenvalue weighted by Gasteiger charge is -1.87. The highest BCUT2D eigenvalue weighted by molar-refractivity contribution is 7.80. The third kappa shape index (κ3) is 1.08. The van der Waals surface area contributed by atoms with Crippen LogP contribution < -0.4 is 10.6 Å². The van der Waals surface area contributed by atoms with E-state index in [-0.39, 0.29) is 5.91 Å². The van der Waals surface area contributed by atoms with Crippen molar-refractivity contribution in [1.82, 2.24) is 10.6 Å². The van der Waals surface area contributed by atoms with Crippen molar-refractivity contribution in [3.8, 4) is 0 Å². The normalized spacial score (nSPS) is 22.1. The van der Waals surface area contributed by atoms with Crippen molar-refractivity contribution < 1.29 is 4.79 Å². The van der Waals surface area contributed by atoms with E-state index in [1.807, 2.05) is 0 Å². The molecule has 0 aliphatic carbocycles. The number of hydrogen-bond acceptors (Lipinski definition) is 2. The second-order valence-electron chi connectivity index (χ2n) is 1.61. The van der Waals surface area contributed by atoms with E-state index in [0.29, 0.717) is 10.8 Å². The van der Waals surface area contributed by atoms with Gasteiger partial charge in [0.2, 0.25) is 0 Å². The Morgan fingerprint density at radius 2 is 2.22 bits per heavy atom. The summed E-state index contributed by atoms with van der Waals surface area (Å²) < 4.78 is 0. The molecule has 1 aliphatic rings. The van der Waals surface area contributed by atoms with Crippen LogP contribution in [0.15, 0.2) is 11.8 Å². The lowest BCUT2D eigenvalue weighted by atomic mass is 10.4. The number of nitrogens with one attached hydrogen (secondary N) is 2. The first-order valence-corrected chi connectivity index (χ1v) is 2.93. The first kappa shape index (κ1) is 6.22. The smallest absolute Gasteiger partial charge is 0.273 e. The second kappa shape index (κ2) is 2.14. The summed E-state index contributed by atoms with van der Waals surface area (Å²) in [6.07, 6.45) is 1.68. The maximum atomic E-state index is 10.7. The molecule has 0 saturated carbocycles. The Kier molecular flexibility index (Phi) is 1.48. The van der Waals surface area contributed by atoms with E-state index in [4.69, 9.17) is 0 Å². The molecule has 0 atom stereocenters. The lowest BCUT2D eigenvalue weighted by molar-refractivity contribution is -0.115. The number of rotatable bonds is 0. The zero-order chi connectivity index (χ0) is 6.85. The average molecular weight is 142 g/mol. The van der Waals surface area contributed by atoms with Crippen LogP contribution in [0.5, 0.6) is 0 Å². The summed E-state index contributed by atoms with van der Waals surface area (Å²) in [6.45, 7) is 1.77. The van der Waals surface area contributed by atoms with Crippen molar-refractivity contribution in [3.63, 3.8) is 0 Å². The van der Waals surface area contributed by atoms with Gasteiger partial charge in [-0.3, -0.25) is 10.1 Å². The zero-order valence-electron chi connectivity index (χ0n) is 4.89. The number of amides is 1.